The van der Waals surface area contributed by atoms with Crippen LogP contribution in [0.5, 0.6) is 0 Å². The van der Waals surface area contributed by atoms with Crippen molar-refractivity contribution in [3.05, 3.63) is 96.9 Å². The van der Waals surface area contributed by atoms with Gasteiger partial charge in [0.15, 0.2) is 0 Å². The summed E-state index contributed by atoms with van der Waals surface area (Å²) in [6.45, 7) is 0. The second-order valence-electron chi connectivity index (χ2n) is 6.45. The highest BCUT2D eigenvalue weighted by molar-refractivity contribution is 6.31. The Bertz CT molecular complexity index is 1180. The van der Waals surface area contributed by atoms with E-state index in [4.69, 9.17) is 27.9 Å². The molecule has 2 aromatic carbocycles. The van der Waals surface area contributed by atoms with Crippen molar-refractivity contribution >= 4 is 34.9 Å². The van der Waals surface area contributed by atoms with Crippen molar-refractivity contribution in [3.63, 3.8) is 0 Å². The average molecular weight is 447 g/mol. The minimum Gasteiger partial charge on any atom is -0.467 e. The molecule has 0 aliphatic carbocycles. The van der Waals surface area contributed by atoms with Gasteiger partial charge >= 0.3 is 5.97 Å². The van der Waals surface area contributed by atoms with Crippen LogP contribution in [0.4, 0.5) is 5.69 Å². The average Bonchev–Trinajstić information content (AvgIpc) is 2.71. The lowest BCUT2D eigenvalue weighted by Gasteiger charge is -2.18. The normalized spacial score (nSPS) is 11.7. The van der Waals surface area contributed by atoms with Crippen molar-refractivity contribution in [1.29, 1.82) is 0 Å². The number of nitrogens with zero attached hydrogens (tertiary/aromatic N) is 2. The molecule has 1 atom stereocenters. The summed E-state index contributed by atoms with van der Waals surface area (Å²) in [6, 6.07) is 12.9. The van der Waals surface area contributed by atoms with Crippen LogP contribution in [0.15, 0.2) is 65.6 Å². The van der Waals surface area contributed by atoms with Gasteiger partial charge in [0, 0.05) is 34.8 Å². The van der Waals surface area contributed by atoms with Crippen molar-refractivity contribution in [2.45, 2.75) is 12.5 Å². The van der Waals surface area contributed by atoms with Crippen LogP contribution in [0.3, 0.4) is 0 Å². The molecule has 154 valence electrons. The number of methoxy groups -OCH3 is 1. The van der Waals surface area contributed by atoms with Crippen molar-refractivity contribution in [1.82, 2.24) is 4.57 Å². The maximum atomic E-state index is 12.8. The Hall–Kier alpha value is -3.16. The standard InChI is InChI=1S/C21H16Cl2N2O5/c1-30-21(27)19(10-13-3-2-4-15(22)9-13)24-8-7-14(11-20(24)26)17-12-16(23)5-6-18(17)25(28)29/h2-9,11-12,19H,10H2,1H3. The smallest absolute Gasteiger partial charge is 0.329 e. The van der Waals surface area contributed by atoms with Crippen molar-refractivity contribution in [3.8, 4) is 11.1 Å². The van der Waals surface area contributed by atoms with E-state index >= 15 is 0 Å². The summed E-state index contributed by atoms with van der Waals surface area (Å²) < 4.78 is 6.10. The Morgan fingerprint density at radius 1 is 1.13 bits per heavy atom. The van der Waals surface area contributed by atoms with Crippen LogP contribution in [0.1, 0.15) is 11.6 Å². The van der Waals surface area contributed by atoms with Crippen LogP contribution in [-0.4, -0.2) is 22.6 Å². The molecule has 1 aromatic heterocycles. The molecule has 0 N–H and O–H groups in total. The van der Waals surface area contributed by atoms with E-state index in [0.717, 1.165) is 5.56 Å². The number of nitro groups is 1. The zero-order valence-corrected chi connectivity index (χ0v) is 17.3. The summed E-state index contributed by atoms with van der Waals surface area (Å²) in [5.41, 5.74) is 0.580. The lowest BCUT2D eigenvalue weighted by Crippen LogP contribution is -2.31. The number of hydrogen-bond acceptors (Lipinski definition) is 5. The molecule has 1 unspecified atom stereocenters. The monoisotopic (exact) mass is 446 g/mol. The lowest BCUT2D eigenvalue weighted by molar-refractivity contribution is -0.384. The summed E-state index contributed by atoms with van der Waals surface area (Å²) >= 11 is 12.0. The molecule has 0 spiro atoms. The Morgan fingerprint density at radius 2 is 1.87 bits per heavy atom. The van der Waals surface area contributed by atoms with Crippen molar-refractivity contribution in [2.75, 3.05) is 7.11 Å². The summed E-state index contributed by atoms with van der Waals surface area (Å²) in [4.78, 5) is 36.0. The van der Waals surface area contributed by atoms with Gasteiger partial charge in [0.1, 0.15) is 6.04 Å². The van der Waals surface area contributed by atoms with Crippen LogP contribution in [0.25, 0.3) is 11.1 Å². The van der Waals surface area contributed by atoms with Gasteiger partial charge in [-0.25, -0.2) is 4.79 Å². The molecule has 1 heterocycles. The predicted molar refractivity (Wildman–Crippen MR) is 114 cm³/mol. The molecule has 0 saturated carbocycles. The van der Waals surface area contributed by atoms with Crippen LogP contribution < -0.4 is 5.56 Å². The second-order valence-corrected chi connectivity index (χ2v) is 7.33. The fourth-order valence-corrected chi connectivity index (χ4v) is 3.52. The molecule has 3 rings (SSSR count). The van der Waals surface area contributed by atoms with Gasteiger partial charge in [-0.15, -0.1) is 0 Å². The second kappa shape index (κ2) is 9.11. The minimum atomic E-state index is -0.927. The summed E-state index contributed by atoms with van der Waals surface area (Å²) in [5.74, 6) is -0.599. The van der Waals surface area contributed by atoms with Gasteiger partial charge in [-0.3, -0.25) is 14.9 Å². The highest BCUT2D eigenvalue weighted by Crippen LogP contribution is 2.32. The number of benzene rings is 2. The van der Waals surface area contributed by atoms with Gasteiger partial charge in [-0.2, -0.15) is 0 Å². The van der Waals surface area contributed by atoms with Crippen molar-refractivity contribution in [2.24, 2.45) is 0 Å². The van der Waals surface area contributed by atoms with Crippen LogP contribution in [0, 0.1) is 10.1 Å². The molecule has 7 nitrogen and oxygen atoms in total. The van der Waals surface area contributed by atoms with Gasteiger partial charge < -0.3 is 9.30 Å². The Balaban J connectivity index is 2.04. The van der Waals surface area contributed by atoms with E-state index < -0.39 is 22.5 Å². The van der Waals surface area contributed by atoms with E-state index in [2.05, 4.69) is 0 Å². The van der Waals surface area contributed by atoms with E-state index in [1.807, 2.05) is 0 Å². The maximum Gasteiger partial charge on any atom is 0.329 e. The molecule has 0 saturated heterocycles. The quantitative estimate of drug-likeness (QED) is 0.311. The number of rotatable bonds is 6. The zero-order chi connectivity index (χ0) is 21.8. The van der Waals surface area contributed by atoms with Crippen LogP contribution in [-0.2, 0) is 16.0 Å². The number of carbonyl (C=O) groups is 1. The van der Waals surface area contributed by atoms with Crippen molar-refractivity contribution < 1.29 is 14.5 Å². The first-order chi connectivity index (χ1) is 14.3. The molecule has 0 fully saturated rings. The first-order valence-electron chi connectivity index (χ1n) is 8.79. The molecular weight excluding hydrogens is 431 g/mol. The minimum absolute atomic E-state index is 0.181. The third-order valence-corrected chi connectivity index (χ3v) is 5.01. The topological polar surface area (TPSA) is 91.4 Å². The maximum absolute atomic E-state index is 12.8. The molecule has 0 radical (unpaired) electrons. The van der Waals surface area contributed by atoms with Gasteiger partial charge in [-0.05, 0) is 41.5 Å². The first-order valence-corrected chi connectivity index (χ1v) is 9.54. The Labute approximate surface area is 181 Å². The molecule has 30 heavy (non-hydrogen) atoms. The number of halogens is 2. The summed E-state index contributed by atoms with van der Waals surface area (Å²) in [5, 5.41) is 12.1. The number of ether oxygens (including phenoxy) is 1. The Kier molecular flexibility index (Phi) is 6.54. The molecule has 0 amide bonds. The molecular formula is C21H16Cl2N2O5. The van der Waals surface area contributed by atoms with E-state index in [1.165, 1.54) is 48.2 Å². The van der Waals surface area contributed by atoms with Gasteiger partial charge in [0.25, 0.3) is 11.2 Å². The van der Waals surface area contributed by atoms with Crippen LogP contribution in [0.2, 0.25) is 10.0 Å². The first kappa shape index (κ1) is 21.5. The summed E-state index contributed by atoms with van der Waals surface area (Å²) in [7, 11) is 1.24. The fourth-order valence-electron chi connectivity index (χ4n) is 3.13. The van der Waals surface area contributed by atoms with E-state index in [-0.39, 0.29) is 17.7 Å². The van der Waals surface area contributed by atoms with Gasteiger partial charge in [-0.1, -0.05) is 35.3 Å². The number of hydrogen-bond donors (Lipinski definition) is 0. The van der Waals surface area contributed by atoms with Crippen LogP contribution >= 0.6 is 23.2 Å². The van der Waals surface area contributed by atoms with E-state index in [0.29, 0.717) is 15.6 Å². The molecule has 0 bridgehead atoms. The highest BCUT2D eigenvalue weighted by Gasteiger charge is 2.24. The third-order valence-electron chi connectivity index (χ3n) is 4.54. The third kappa shape index (κ3) is 4.69. The SMILES string of the molecule is COC(=O)C(Cc1cccc(Cl)c1)n1ccc(-c2cc(Cl)ccc2[N+](=O)[O-])cc1=O. The van der Waals surface area contributed by atoms with E-state index in [9.17, 15) is 19.7 Å². The molecule has 9 heteroatoms. The van der Waals surface area contributed by atoms with E-state index in [1.54, 1.807) is 24.3 Å². The highest BCUT2D eigenvalue weighted by atomic mass is 35.5. The number of pyridine rings is 1. The summed E-state index contributed by atoms with van der Waals surface area (Å²) in [6.07, 6.45) is 1.60. The molecule has 3 aromatic rings. The fraction of sp³-hybridized carbons (Fsp3) is 0.143. The number of nitro benzene ring substituents is 1. The largest absolute Gasteiger partial charge is 0.467 e. The Morgan fingerprint density at radius 3 is 2.50 bits per heavy atom. The number of esters is 1. The van der Waals surface area contributed by atoms with Gasteiger partial charge in [0.2, 0.25) is 0 Å². The molecule has 0 aliphatic heterocycles. The lowest BCUT2D eigenvalue weighted by atomic mass is 10.0. The number of aromatic nitrogens is 1. The van der Waals surface area contributed by atoms with Gasteiger partial charge in [0.05, 0.1) is 17.6 Å². The number of carbonyl (C=O) groups excluding carboxylic acids is 1. The zero-order valence-electron chi connectivity index (χ0n) is 15.7. The predicted octanol–water partition coefficient (Wildman–Crippen LogP) is 4.69. The molecule has 0 aliphatic rings.